The van der Waals surface area contributed by atoms with Gasteiger partial charge in [0.05, 0.1) is 11.1 Å². The number of fused-ring (bicyclic) bond motifs is 1. The van der Waals surface area contributed by atoms with Crippen molar-refractivity contribution in [2.45, 2.75) is 4.90 Å². The smallest absolute Gasteiger partial charge is 0.200 e. The van der Waals surface area contributed by atoms with Crippen LogP contribution in [0.5, 0.6) is 0 Å². The summed E-state index contributed by atoms with van der Waals surface area (Å²) in [6, 6.07) is 19.6. The average molecular weight is 345 g/mol. The first-order valence-corrected chi connectivity index (χ1v) is 8.70. The molecule has 1 N–H and O–H groups in total. The van der Waals surface area contributed by atoms with Gasteiger partial charge in [0.1, 0.15) is 0 Å². The first kappa shape index (κ1) is 15.5. The predicted octanol–water partition coefficient (Wildman–Crippen LogP) is 3.81. The minimum Gasteiger partial charge on any atom is -0.200 e. The van der Waals surface area contributed by atoms with Crippen molar-refractivity contribution in [3.05, 3.63) is 77.3 Å². The molecule has 4 nitrogen and oxygen atoms in total. The lowest BCUT2D eigenvalue weighted by molar-refractivity contribution is 0.584. The third-order valence-corrected chi connectivity index (χ3v) is 4.77. The quantitative estimate of drug-likeness (QED) is 0.578. The summed E-state index contributed by atoms with van der Waals surface area (Å²) in [5.41, 5.74) is 0.808. The molecule has 0 radical (unpaired) electrons. The molecule has 0 fully saturated rings. The molecule has 0 aliphatic carbocycles. The third kappa shape index (κ3) is 3.70. The van der Waals surface area contributed by atoms with E-state index in [0.717, 1.165) is 16.3 Å². The Balaban J connectivity index is 1.78. The molecule has 0 atom stereocenters. The average Bonchev–Trinajstić information content (AvgIpc) is 2.55. The molecule has 0 aliphatic heterocycles. The van der Waals surface area contributed by atoms with Gasteiger partial charge >= 0.3 is 0 Å². The maximum atomic E-state index is 12.1. The highest BCUT2D eigenvalue weighted by Crippen LogP contribution is 2.15. The Labute approximate surface area is 139 Å². The Kier molecular flexibility index (Phi) is 4.32. The van der Waals surface area contributed by atoms with Crippen molar-refractivity contribution in [1.82, 2.24) is 4.83 Å². The number of rotatable bonds is 4. The van der Waals surface area contributed by atoms with Gasteiger partial charge in [-0.25, -0.2) is 4.83 Å². The molecule has 23 heavy (non-hydrogen) atoms. The fourth-order valence-corrected chi connectivity index (χ4v) is 3.04. The highest BCUT2D eigenvalue weighted by atomic mass is 35.5. The van der Waals surface area contributed by atoms with Crippen LogP contribution in [-0.2, 0) is 10.0 Å². The standard InChI is InChI=1S/C17H13ClN2O2S/c18-16-7-9-17(10-8-16)23(21,22)20-19-12-13-5-6-14-3-1-2-4-15(14)11-13/h1-12,20H. The Morgan fingerprint density at radius 3 is 2.35 bits per heavy atom. The molecular weight excluding hydrogens is 332 g/mol. The van der Waals surface area contributed by atoms with Crippen molar-refractivity contribution in [1.29, 1.82) is 0 Å². The van der Waals surface area contributed by atoms with E-state index in [1.807, 2.05) is 42.5 Å². The van der Waals surface area contributed by atoms with Crippen LogP contribution in [0.1, 0.15) is 5.56 Å². The van der Waals surface area contributed by atoms with E-state index < -0.39 is 10.0 Å². The minimum absolute atomic E-state index is 0.109. The van der Waals surface area contributed by atoms with Crippen LogP contribution in [0.15, 0.2) is 76.7 Å². The molecule has 0 amide bonds. The van der Waals surface area contributed by atoms with Gasteiger partial charge in [-0.3, -0.25) is 0 Å². The van der Waals surface area contributed by atoms with Crippen LogP contribution >= 0.6 is 11.6 Å². The molecule has 3 aromatic carbocycles. The number of hydrazone groups is 1. The molecule has 3 rings (SSSR count). The monoisotopic (exact) mass is 344 g/mol. The van der Waals surface area contributed by atoms with Crippen molar-refractivity contribution in [2.75, 3.05) is 0 Å². The van der Waals surface area contributed by atoms with Crippen molar-refractivity contribution >= 4 is 38.6 Å². The second kappa shape index (κ2) is 6.40. The normalized spacial score (nSPS) is 11.9. The van der Waals surface area contributed by atoms with Crippen LogP contribution in [0.4, 0.5) is 0 Å². The number of sulfonamides is 1. The molecular formula is C17H13ClN2O2S. The van der Waals surface area contributed by atoms with Crippen LogP contribution in [0.25, 0.3) is 10.8 Å². The van der Waals surface area contributed by atoms with Gasteiger partial charge in [0.15, 0.2) is 0 Å². The van der Waals surface area contributed by atoms with Crippen molar-refractivity contribution in [2.24, 2.45) is 5.10 Å². The van der Waals surface area contributed by atoms with Gasteiger partial charge in [-0.1, -0.05) is 48.0 Å². The van der Waals surface area contributed by atoms with Gasteiger partial charge < -0.3 is 0 Å². The second-order valence-corrected chi connectivity index (χ2v) is 7.01. The van der Waals surface area contributed by atoms with E-state index in [4.69, 9.17) is 11.6 Å². The zero-order valence-corrected chi connectivity index (χ0v) is 13.6. The lowest BCUT2D eigenvalue weighted by Crippen LogP contribution is -2.18. The number of halogens is 1. The summed E-state index contributed by atoms with van der Waals surface area (Å²) in [6.45, 7) is 0. The molecule has 0 unspecified atom stereocenters. The topological polar surface area (TPSA) is 58.5 Å². The van der Waals surface area contributed by atoms with E-state index in [-0.39, 0.29) is 4.90 Å². The Hall–Kier alpha value is -2.37. The van der Waals surface area contributed by atoms with E-state index >= 15 is 0 Å². The highest BCUT2D eigenvalue weighted by Gasteiger charge is 2.11. The predicted molar refractivity (Wildman–Crippen MR) is 93.3 cm³/mol. The Morgan fingerprint density at radius 2 is 1.61 bits per heavy atom. The zero-order chi connectivity index (χ0) is 16.3. The van der Waals surface area contributed by atoms with E-state index in [1.54, 1.807) is 0 Å². The minimum atomic E-state index is -3.70. The molecule has 0 heterocycles. The summed E-state index contributed by atoms with van der Waals surface area (Å²) in [5.74, 6) is 0. The second-order valence-electron chi connectivity index (χ2n) is 4.91. The van der Waals surface area contributed by atoms with Gasteiger partial charge in [0, 0.05) is 5.02 Å². The SMILES string of the molecule is O=S(=O)(NN=Cc1ccc2ccccc2c1)c1ccc(Cl)cc1. The molecule has 0 saturated carbocycles. The van der Waals surface area contributed by atoms with E-state index in [2.05, 4.69) is 9.93 Å². The van der Waals surface area contributed by atoms with E-state index in [0.29, 0.717) is 5.02 Å². The van der Waals surface area contributed by atoms with Gasteiger partial charge in [-0.15, -0.1) is 0 Å². The first-order valence-electron chi connectivity index (χ1n) is 6.84. The summed E-state index contributed by atoms with van der Waals surface area (Å²) in [6.07, 6.45) is 1.47. The number of benzene rings is 3. The van der Waals surface area contributed by atoms with Crippen LogP contribution in [0, 0.1) is 0 Å². The zero-order valence-electron chi connectivity index (χ0n) is 12.0. The molecule has 3 aromatic rings. The maximum Gasteiger partial charge on any atom is 0.276 e. The van der Waals surface area contributed by atoms with Crippen molar-refractivity contribution in [3.63, 3.8) is 0 Å². The molecule has 0 bridgehead atoms. The molecule has 116 valence electrons. The summed E-state index contributed by atoms with van der Waals surface area (Å²) in [5, 5.41) is 6.48. The number of hydrogen-bond donors (Lipinski definition) is 1. The first-order chi connectivity index (χ1) is 11.0. The van der Waals surface area contributed by atoms with Gasteiger partial charge in [0.25, 0.3) is 10.0 Å². The van der Waals surface area contributed by atoms with Crippen LogP contribution < -0.4 is 4.83 Å². The van der Waals surface area contributed by atoms with Gasteiger partial charge in [0.2, 0.25) is 0 Å². The van der Waals surface area contributed by atoms with Crippen LogP contribution in [0.3, 0.4) is 0 Å². The molecule has 6 heteroatoms. The van der Waals surface area contributed by atoms with Crippen LogP contribution in [0.2, 0.25) is 5.02 Å². The molecule has 0 aromatic heterocycles. The number of nitrogens with zero attached hydrogens (tertiary/aromatic N) is 1. The van der Waals surface area contributed by atoms with Crippen molar-refractivity contribution in [3.8, 4) is 0 Å². The van der Waals surface area contributed by atoms with E-state index in [9.17, 15) is 8.42 Å². The summed E-state index contributed by atoms with van der Waals surface area (Å²) in [4.78, 5) is 2.30. The highest BCUT2D eigenvalue weighted by molar-refractivity contribution is 7.89. The summed E-state index contributed by atoms with van der Waals surface area (Å²) < 4.78 is 24.2. The molecule has 0 saturated heterocycles. The summed E-state index contributed by atoms with van der Waals surface area (Å²) >= 11 is 5.75. The maximum absolute atomic E-state index is 12.1. The molecule has 0 aliphatic rings. The van der Waals surface area contributed by atoms with Crippen LogP contribution in [-0.4, -0.2) is 14.6 Å². The largest absolute Gasteiger partial charge is 0.276 e. The lowest BCUT2D eigenvalue weighted by atomic mass is 10.1. The number of hydrogen-bond acceptors (Lipinski definition) is 3. The Morgan fingerprint density at radius 1 is 0.913 bits per heavy atom. The molecule has 0 spiro atoms. The lowest BCUT2D eigenvalue weighted by Gasteiger charge is -2.03. The van der Waals surface area contributed by atoms with Gasteiger partial charge in [-0.05, 0) is 46.7 Å². The fourth-order valence-electron chi connectivity index (χ4n) is 2.12. The Bertz CT molecular complexity index is 967. The third-order valence-electron chi connectivity index (χ3n) is 3.28. The van der Waals surface area contributed by atoms with E-state index in [1.165, 1.54) is 30.5 Å². The fraction of sp³-hybridized carbons (Fsp3) is 0. The number of nitrogens with one attached hydrogen (secondary N) is 1. The summed E-state index contributed by atoms with van der Waals surface area (Å²) in [7, 11) is -3.70. The van der Waals surface area contributed by atoms with Crippen molar-refractivity contribution < 1.29 is 8.42 Å². The van der Waals surface area contributed by atoms with Gasteiger partial charge in [-0.2, -0.15) is 13.5 Å².